The average Bonchev–Trinajstić information content (AvgIpc) is 3.00. The van der Waals surface area contributed by atoms with Crippen LogP contribution in [0.3, 0.4) is 0 Å². The van der Waals surface area contributed by atoms with E-state index in [0.717, 1.165) is 25.8 Å². The summed E-state index contributed by atoms with van der Waals surface area (Å²) in [7, 11) is 0. The Bertz CT molecular complexity index is 190. The van der Waals surface area contributed by atoms with Gasteiger partial charge < -0.3 is 10.4 Å². The van der Waals surface area contributed by atoms with Crippen molar-refractivity contribution < 1.29 is 9.90 Å². The van der Waals surface area contributed by atoms with Crippen LogP contribution in [0.1, 0.15) is 51.9 Å². The standard InChI is InChI=1S/C12H23NO2/c1-2-3-4-5-6-9-13-11(12(14)15)10-7-8-10/h10-11,13H,2-9H2,1H3,(H,14,15). The van der Waals surface area contributed by atoms with Gasteiger partial charge in [-0.05, 0) is 31.7 Å². The van der Waals surface area contributed by atoms with Crippen molar-refractivity contribution in [1.82, 2.24) is 5.32 Å². The SMILES string of the molecule is CCCCCCCNC(C(=O)O)C1CC1. The molecule has 0 amide bonds. The molecule has 1 unspecified atom stereocenters. The van der Waals surface area contributed by atoms with Gasteiger partial charge in [-0.2, -0.15) is 0 Å². The van der Waals surface area contributed by atoms with Crippen LogP contribution in [0.25, 0.3) is 0 Å². The van der Waals surface area contributed by atoms with E-state index >= 15 is 0 Å². The van der Waals surface area contributed by atoms with Crippen molar-refractivity contribution in [1.29, 1.82) is 0 Å². The van der Waals surface area contributed by atoms with E-state index < -0.39 is 5.97 Å². The van der Waals surface area contributed by atoms with Crippen LogP contribution in [0.5, 0.6) is 0 Å². The molecule has 2 N–H and O–H groups in total. The highest BCUT2D eigenvalue weighted by atomic mass is 16.4. The molecule has 1 atom stereocenters. The Morgan fingerprint density at radius 1 is 1.33 bits per heavy atom. The van der Waals surface area contributed by atoms with Gasteiger partial charge in [0.1, 0.15) is 6.04 Å². The van der Waals surface area contributed by atoms with Crippen molar-refractivity contribution in [3.63, 3.8) is 0 Å². The summed E-state index contributed by atoms with van der Waals surface area (Å²) in [5.74, 6) is -0.274. The summed E-state index contributed by atoms with van der Waals surface area (Å²) >= 11 is 0. The molecule has 3 heteroatoms. The summed E-state index contributed by atoms with van der Waals surface area (Å²) in [6.45, 7) is 3.06. The van der Waals surface area contributed by atoms with Crippen molar-refractivity contribution in [3.8, 4) is 0 Å². The molecule has 15 heavy (non-hydrogen) atoms. The van der Waals surface area contributed by atoms with E-state index in [1.165, 1.54) is 25.7 Å². The third kappa shape index (κ3) is 5.17. The minimum atomic E-state index is -0.675. The molecule has 0 aromatic carbocycles. The van der Waals surface area contributed by atoms with Gasteiger partial charge in [-0.15, -0.1) is 0 Å². The Kier molecular flexibility index (Phi) is 5.69. The van der Waals surface area contributed by atoms with E-state index in [2.05, 4.69) is 12.2 Å². The first-order valence-corrected chi connectivity index (χ1v) is 6.22. The van der Waals surface area contributed by atoms with Crippen molar-refractivity contribution in [2.45, 2.75) is 57.9 Å². The van der Waals surface area contributed by atoms with E-state index in [1.807, 2.05) is 0 Å². The van der Waals surface area contributed by atoms with Crippen LogP contribution in [0.4, 0.5) is 0 Å². The smallest absolute Gasteiger partial charge is 0.320 e. The maximum absolute atomic E-state index is 10.9. The minimum absolute atomic E-state index is 0.281. The molecule has 0 bridgehead atoms. The van der Waals surface area contributed by atoms with E-state index in [9.17, 15) is 4.79 Å². The Morgan fingerprint density at radius 3 is 2.53 bits per heavy atom. The number of carboxylic acids is 1. The van der Waals surface area contributed by atoms with Crippen LogP contribution in [0, 0.1) is 5.92 Å². The molecule has 0 saturated heterocycles. The van der Waals surface area contributed by atoms with Gasteiger partial charge in [0.2, 0.25) is 0 Å². The Balaban J connectivity index is 1.99. The molecule has 0 spiro atoms. The van der Waals surface area contributed by atoms with Gasteiger partial charge >= 0.3 is 5.97 Å². The predicted molar refractivity (Wildman–Crippen MR) is 60.9 cm³/mol. The average molecular weight is 213 g/mol. The Labute approximate surface area is 92.3 Å². The zero-order valence-corrected chi connectivity index (χ0v) is 9.67. The lowest BCUT2D eigenvalue weighted by molar-refractivity contribution is -0.140. The highest BCUT2D eigenvalue weighted by molar-refractivity contribution is 5.74. The maximum Gasteiger partial charge on any atom is 0.320 e. The largest absolute Gasteiger partial charge is 0.480 e. The Hall–Kier alpha value is -0.570. The van der Waals surface area contributed by atoms with Crippen LogP contribution in [0.2, 0.25) is 0 Å². The second-order valence-corrected chi connectivity index (χ2v) is 4.52. The number of carbonyl (C=O) groups is 1. The first-order valence-electron chi connectivity index (χ1n) is 6.22. The summed E-state index contributed by atoms with van der Waals surface area (Å²) in [6.07, 6.45) is 8.32. The summed E-state index contributed by atoms with van der Waals surface area (Å²) in [4.78, 5) is 10.9. The summed E-state index contributed by atoms with van der Waals surface area (Å²) in [5, 5.41) is 12.1. The first kappa shape index (κ1) is 12.5. The second-order valence-electron chi connectivity index (χ2n) is 4.52. The lowest BCUT2D eigenvalue weighted by Gasteiger charge is -2.12. The van der Waals surface area contributed by atoms with E-state index in [-0.39, 0.29) is 6.04 Å². The molecule has 1 rings (SSSR count). The van der Waals surface area contributed by atoms with Gasteiger partial charge in [-0.25, -0.2) is 0 Å². The van der Waals surface area contributed by atoms with Crippen molar-refractivity contribution in [2.24, 2.45) is 5.92 Å². The fourth-order valence-corrected chi connectivity index (χ4v) is 1.87. The molecule has 88 valence electrons. The number of unbranched alkanes of at least 4 members (excludes halogenated alkanes) is 4. The van der Waals surface area contributed by atoms with Crippen LogP contribution in [-0.4, -0.2) is 23.7 Å². The molecule has 1 aliphatic rings. The van der Waals surface area contributed by atoms with Gasteiger partial charge in [-0.1, -0.05) is 32.6 Å². The highest BCUT2D eigenvalue weighted by Crippen LogP contribution is 2.32. The molecule has 0 heterocycles. The quantitative estimate of drug-likeness (QED) is 0.578. The number of aliphatic carboxylic acids is 1. The molecule has 0 aromatic rings. The van der Waals surface area contributed by atoms with Crippen LogP contribution in [0.15, 0.2) is 0 Å². The predicted octanol–water partition coefficient (Wildman–Crippen LogP) is 2.41. The van der Waals surface area contributed by atoms with Crippen molar-refractivity contribution in [3.05, 3.63) is 0 Å². The molecule has 1 aliphatic carbocycles. The third-order valence-corrected chi connectivity index (χ3v) is 3.00. The Morgan fingerprint density at radius 2 is 2.00 bits per heavy atom. The summed E-state index contributed by atoms with van der Waals surface area (Å²) in [5.41, 5.74) is 0. The molecule has 0 radical (unpaired) electrons. The van der Waals surface area contributed by atoms with E-state index in [0.29, 0.717) is 5.92 Å². The van der Waals surface area contributed by atoms with Crippen LogP contribution in [-0.2, 0) is 4.79 Å². The minimum Gasteiger partial charge on any atom is -0.480 e. The monoisotopic (exact) mass is 213 g/mol. The molecule has 0 aliphatic heterocycles. The third-order valence-electron chi connectivity index (χ3n) is 3.00. The number of carboxylic acid groups (broad SMARTS) is 1. The zero-order valence-electron chi connectivity index (χ0n) is 9.67. The lowest BCUT2D eigenvalue weighted by Crippen LogP contribution is -2.39. The first-order chi connectivity index (χ1) is 7.25. The fraction of sp³-hybridized carbons (Fsp3) is 0.917. The van der Waals surface area contributed by atoms with Crippen molar-refractivity contribution >= 4 is 5.97 Å². The van der Waals surface area contributed by atoms with Gasteiger partial charge in [-0.3, -0.25) is 4.79 Å². The topological polar surface area (TPSA) is 49.3 Å². The van der Waals surface area contributed by atoms with Gasteiger partial charge in [0.05, 0.1) is 0 Å². The van der Waals surface area contributed by atoms with Gasteiger partial charge in [0.25, 0.3) is 0 Å². The van der Waals surface area contributed by atoms with Gasteiger partial charge in [0, 0.05) is 0 Å². The van der Waals surface area contributed by atoms with Crippen LogP contribution < -0.4 is 5.32 Å². The van der Waals surface area contributed by atoms with E-state index in [4.69, 9.17) is 5.11 Å². The summed E-state index contributed by atoms with van der Waals surface area (Å²) in [6, 6.07) is -0.281. The second kappa shape index (κ2) is 6.83. The van der Waals surface area contributed by atoms with Crippen LogP contribution >= 0.6 is 0 Å². The molecular weight excluding hydrogens is 190 g/mol. The number of hydrogen-bond acceptors (Lipinski definition) is 2. The zero-order chi connectivity index (χ0) is 11.1. The highest BCUT2D eigenvalue weighted by Gasteiger charge is 2.35. The molecule has 1 fully saturated rings. The lowest BCUT2D eigenvalue weighted by atomic mass is 10.1. The normalized spacial score (nSPS) is 17.7. The maximum atomic E-state index is 10.9. The number of nitrogens with one attached hydrogen (secondary N) is 1. The van der Waals surface area contributed by atoms with Crippen molar-refractivity contribution in [2.75, 3.05) is 6.54 Å². The number of hydrogen-bond donors (Lipinski definition) is 2. The number of rotatable bonds is 9. The molecule has 3 nitrogen and oxygen atoms in total. The fourth-order valence-electron chi connectivity index (χ4n) is 1.87. The molecule has 0 aromatic heterocycles. The molecular formula is C12H23NO2. The van der Waals surface area contributed by atoms with E-state index in [1.54, 1.807) is 0 Å². The summed E-state index contributed by atoms with van der Waals surface area (Å²) < 4.78 is 0. The van der Waals surface area contributed by atoms with Gasteiger partial charge in [0.15, 0.2) is 0 Å². The molecule has 1 saturated carbocycles.